The van der Waals surface area contributed by atoms with Gasteiger partial charge in [0.15, 0.2) is 0 Å². The van der Waals surface area contributed by atoms with Crippen molar-refractivity contribution >= 4 is 11.9 Å². The molecule has 1 aromatic carbocycles. The van der Waals surface area contributed by atoms with Gasteiger partial charge in [-0.3, -0.25) is 19.0 Å². The van der Waals surface area contributed by atoms with Crippen molar-refractivity contribution in [3.8, 4) is 16.9 Å². The number of ether oxygens (including phenoxy) is 1. The van der Waals surface area contributed by atoms with Gasteiger partial charge in [-0.1, -0.05) is 0 Å². The standard InChI is InChI=1S/C19H19FN4O4/c1-12-16(20)7-13(8-17(12)28-19(27)4-3-18(25)26)14-9-21-24(10-14)11-15-5-6-23(2)22-15/h5-10H,3-4,11H2,1-2H3,(H,25,26). The zero-order chi connectivity index (χ0) is 20.3. The lowest BCUT2D eigenvalue weighted by Gasteiger charge is -2.10. The molecular formula is C19H19FN4O4. The van der Waals surface area contributed by atoms with E-state index in [2.05, 4.69) is 10.2 Å². The molecule has 0 radical (unpaired) electrons. The lowest BCUT2D eigenvalue weighted by Crippen LogP contribution is -2.11. The van der Waals surface area contributed by atoms with Crippen LogP contribution in [0.1, 0.15) is 24.1 Å². The van der Waals surface area contributed by atoms with Gasteiger partial charge >= 0.3 is 11.9 Å². The molecule has 0 aliphatic rings. The minimum absolute atomic E-state index is 0.0582. The number of rotatable bonds is 7. The summed E-state index contributed by atoms with van der Waals surface area (Å²) in [6, 6.07) is 4.76. The van der Waals surface area contributed by atoms with Gasteiger partial charge in [0.25, 0.3) is 0 Å². The Morgan fingerprint density at radius 1 is 1.25 bits per heavy atom. The summed E-state index contributed by atoms with van der Waals surface area (Å²) in [5, 5.41) is 17.2. The highest BCUT2D eigenvalue weighted by atomic mass is 19.1. The molecule has 3 rings (SSSR count). The largest absolute Gasteiger partial charge is 0.481 e. The summed E-state index contributed by atoms with van der Waals surface area (Å²) in [5.74, 6) is -2.30. The van der Waals surface area contributed by atoms with E-state index in [-0.39, 0.29) is 24.2 Å². The van der Waals surface area contributed by atoms with Gasteiger partial charge in [0.2, 0.25) is 0 Å². The van der Waals surface area contributed by atoms with Crippen LogP contribution in [-0.2, 0) is 23.2 Å². The predicted octanol–water partition coefficient (Wildman–Crippen LogP) is 2.55. The molecule has 28 heavy (non-hydrogen) atoms. The number of nitrogens with zero attached hydrogens (tertiary/aromatic N) is 4. The fourth-order valence-electron chi connectivity index (χ4n) is 2.62. The molecule has 0 saturated heterocycles. The summed E-state index contributed by atoms with van der Waals surface area (Å²) in [6.07, 6.45) is 4.53. The van der Waals surface area contributed by atoms with Gasteiger partial charge in [-0.2, -0.15) is 10.2 Å². The summed E-state index contributed by atoms with van der Waals surface area (Å²) >= 11 is 0. The van der Waals surface area contributed by atoms with Crippen molar-refractivity contribution < 1.29 is 23.8 Å². The number of hydrogen-bond acceptors (Lipinski definition) is 5. The van der Waals surface area contributed by atoms with Gasteiger partial charge in [-0.15, -0.1) is 0 Å². The van der Waals surface area contributed by atoms with Crippen molar-refractivity contribution in [2.75, 3.05) is 0 Å². The second-order valence-electron chi connectivity index (χ2n) is 6.36. The number of aromatic nitrogens is 4. The molecule has 0 saturated carbocycles. The SMILES string of the molecule is Cc1c(F)cc(-c2cnn(Cc3ccn(C)n3)c2)cc1OC(=O)CCC(=O)O. The van der Waals surface area contributed by atoms with Gasteiger partial charge in [-0.25, -0.2) is 4.39 Å². The molecule has 0 amide bonds. The monoisotopic (exact) mass is 386 g/mol. The second kappa shape index (κ2) is 8.03. The first-order chi connectivity index (χ1) is 13.3. The summed E-state index contributed by atoms with van der Waals surface area (Å²) in [7, 11) is 1.83. The van der Waals surface area contributed by atoms with Gasteiger partial charge in [0, 0.05) is 30.6 Å². The Hall–Kier alpha value is -3.49. The molecular weight excluding hydrogens is 367 g/mol. The molecule has 1 N–H and O–H groups in total. The molecule has 0 bridgehead atoms. The van der Waals surface area contributed by atoms with E-state index in [1.165, 1.54) is 13.0 Å². The predicted molar refractivity (Wildman–Crippen MR) is 97.2 cm³/mol. The van der Waals surface area contributed by atoms with Crippen LogP contribution in [-0.4, -0.2) is 36.6 Å². The Bertz CT molecular complexity index is 1020. The molecule has 0 unspecified atom stereocenters. The van der Waals surface area contributed by atoms with E-state index in [0.717, 1.165) is 5.69 Å². The topological polar surface area (TPSA) is 99.2 Å². The zero-order valence-electron chi connectivity index (χ0n) is 15.4. The minimum Gasteiger partial charge on any atom is -0.481 e. The third-order valence-corrected chi connectivity index (χ3v) is 4.12. The highest BCUT2D eigenvalue weighted by Gasteiger charge is 2.15. The number of benzene rings is 1. The number of hydrogen-bond donors (Lipinski definition) is 1. The first-order valence-electron chi connectivity index (χ1n) is 8.56. The highest BCUT2D eigenvalue weighted by molar-refractivity contribution is 5.79. The Balaban J connectivity index is 1.79. The fraction of sp³-hybridized carbons (Fsp3) is 0.263. The maximum absolute atomic E-state index is 14.3. The van der Waals surface area contributed by atoms with Crippen molar-refractivity contribution in [1.29, 1.82) is 0 Å². The van der Waals surface area contributed by atoms with Crippen LogP contribution in [0.25, 0.3) is 11.1 Å². The van der Waals surface area contributed by atoms with Crippen molar-refractivity contribution in [2.24, 2.45) is 7.05 Å². The molecule has 2 aromatic heterocycles. The molecule has 0 aliphatic heterocycles. The number of esters is 1. The van der Waals surface area contributed by atoms with Gasteiger partial charge in [0.1, 0.15) is 11.6 Å². The van der Waals surface area contributed by atoms with E-state index in [0.29, 0.717) is 17.7 Å². The Morgan fingerprint density at radius 2 is 2.04 bits per heavy atom. The molecule has 0 aliphatic carbocycles. The first kappa shape index (κ1) is 19.3. The smallest absolute Gasteiger partial charge is 0.311 e. The van der Waals surface area contributed by atoms with Crippen LogP contribution < -0.4 is 4.74 Å². The lowest BCUT2D eigenvalue weighted by molar-refractivity contribution is -0.142. The average Bonchev–Trinajstić information content (AvgIpc) is 3.26. The second-order valence-corrected chi connectivity index (χ2v) is 6.36. The van der Waals surface area contributed by atoms with Crippen LogP contribution in [0.5, 0.6) is 5.75 Å². The lowest BCUT2D eigenvalue weighted by atomic mass is 10.1. The molecule has 146 valence electrons. The molecule has 0 fully saturated rings. The highest BCUT2D eigenvalue weighted by Crippen LogP contribution is 2.29. The normalized spacial score (nSPS) is 10.8. The number of aliphatic carboxylic acids is 1. The molecule has 0 spiro atoms. The maximum atomic E-state index is 14.3. The van der Waals surface area contributed by atoms with E-state index in [1.807, 2.05) is 19.3 Å². The first-order valence-corrected chi connectivity index (χ1v) is 8.56. The van der Waals surface area contributed by atoms with E-state index in [4.69, 9.17) is 9.84 Å². The quantitative estimate of drug-likeness (QED) is 0.495. The Labute approximate surface area is 160 Å². The Morgan fingerprint density at radius 3 is 2.71 bits per heavy atom. The van der Waals surface area contributed by atoms with Crippen LogP contribution in [0.4, 0.5) is 4.39 Å². The van der Waals surface area contributed by atoms with E-state index < -0.39 is 17.8 Å². The number of carbonyl (C=O) groups excluding carboxylic acids is 1. The van der Waals surface area contributed by atoms with Crippen molar-refractivity contribution in [1.82, 2.24) is 19.6 Å². The van der Waals surface area contributed by atoms with Crippen molar-refractivity contribution in [3.63, 3.8) is 0 Å². The van der Waals surface area contributed by atoms with Gasteiger partial charge in [0.05, 0.1) is 31.3 Å². The van der Waals surface area contributed by atoms with E-state index in [1.54, 1.807) is 27.8 Å². The number of aryl methyl sites for hydroxylation is 1. The van der Waals surface area contributed by atoms with Gasteiger partial charge in [-0.05, 0) is 30.7 Å². The summed E-state index contributed by atoms with van der Waals surface area (Å²) in [4.78, 5) is 22.4. The average molecular weight is 386 g/mol. The summed E-state index contributed by atoms with van der Waals surface area (Å²) in [5.41, 5.74) is 2.16. The maximum Gasteiger partial charge on any atom is 0.311 e. The van der Waals surface area contributed by atoms with E-state index in [9.17, 15) is 14.0 Å². The molecule has 3 aromatic rings. The third kappa shape index (κ3) is 4.61. The van der Waals surface area contributed by atoms with Crippen LogP contribution in [0.2, 0.25) is 0 Å². The Kier molecular flexibility index (Phi) is 5.53. The van der Waals surface area contributed by atoms with E-state index >= 15 is 0 Å². The van der Waals surface area contributed by atoms with Crippen LogP contribution in [0, 0.1) is 12.7 Å². The number of halogens is 1. The van der Waals surface area contributed by atoms with Crippen LogP contribution in [0.3, 0.4) is 0 Å². The third-order valence-electron chi connectivity index (χ3n) is 4.12. The molecule has 8 nitrogen and oxygen atoms in total. The fourth-order valence-corrected chi connectivity index (χ4v) is 2.62. The molecule has 9 heteroatoms. The van der Waals surface area contributed by atoms with Crippen molar-refractivity contribution in [3.05, 3.63) is 53.9 Å². The molecule has 0 atom stereocenters. The zero-order valence-corrected chi connectivity index (χ0v) is 15.4. The van der Waals surface area contributed by atoms with Crippen LogP contribution >= 0.6 is 0 Å². The summed E-state index contributed by atoms with van der Waals surface area (Å²) in [6.45, 7) is 1.95. The van der Waals surface area contributed by atoms with Crippen molar-refractivity contribution in [2.45, 2.75) is 26.3 Å². The number of carboxylic acids is 1. The number of carboxylic acid groups (broad SMARTS) is 1. The van der Waals surface area contributed by atoms with Gasteiger partial charge < -0.3 is 9.84 Å². The molecule has 2 heterocycles. The minimum atomic E-state index is -1.10. The number of carbonyl (C=O) groups is 2. The van der Waals surface area contributed by atoms with Crippen LogP contribution in [0.15, 0.2) is 36.8 Å². The summed E-state index contributed by atoms with van der Waals surface area (Å²) < 4.78 is 22.9.